The lowest BCUT2D eigenvalue weighted by Gasteiger charge is -2.07. The highest BCUT2D eigenvalue weighted by atomic mass is 19.4. The quantitative estimate of drug-likeness (QED) is 0.658. The summed E-state index contributed by atoms with van der Waals surface area (Å²) >= 11 is 0. The van der Waals surface area contributed by atoms with Crippen LogP contribution in [-0.4, -0.2) is 23.3 Å². The van der Waals surface area contributed by atoms with Gasteiger partial charge in [-0.05, 0) is 12.3 Å². The summed E-state index contributed by atoms with van der Waals surface area (Å²) in [6.45, 7) is 0. The van der Waals surface area contributed by atoms with Crippen LogP contribution in [0.15, 0.2) is 0 Å². The number of carboxylic acid groups (broad SMARTS) is 1. The van der Waals surface area contributed by atoms with Crippen LogP contribution >= 0.6 is 0 Å². The number of nitrogens with two attached hydrogens (primary N) is 1. The lowest BCUT2D eigenvalue weighted by atomic mass is 10.1. The molecule has 0 unspecified atom stereocenters. The smallest absolute Gasteiger partial charge is 0.392 e. The molecule has 1 aliphatic carbocycles. The van der Waals surface area contributed by atoms with Crippen molar-refractivity contribution in [2.75, 3.05) is 0 Å². The van der Waals surface area contributed by atoms with E-state index in [1.807, 2.05) is 0 Å². The molecule has 0 aromatic heterocycles. The average Bonchev–Trinajstić information content (AvgIpc) is 2.61. The molecule has 0 aromatic carbocycles. The molecular weight excluding hydrogens is 175 g/mol. The average molecular weight is 183 g/mol. The van der Waals surface area contributed by atoms with Crippen molar-refractivity contribution in [1.29, 1.82) is 0 Å². The summed E-state index contributed by atoms with van der Waals surface area (Å²) in [4.78, 5) is 10.2. The van der Waals surface area contributed by atoms with Crippen LogP contribution in [0.3, 0.4) is 0 Å². The topological polar surface area (TPSA) is 63.3 Å². The Kier molecular flexibility index (Phi) is 2.03. The van der Waals surface area contributed by atoms with E-state index in [4.69, 9.17) is 10.8 Å². The summed E-state index contributed by atoms with van der Waals surface area (Å²) in [7, 11) is 0. The number of rotatable bonds is 2. The van der Waals surface area contributed by atoms with Crippen LogP contribution in [0.2, 0.25) is 0 Å². The second kappa shape index (κ2) is 2.62. The fourth-order valence-corrected chi connectivity index (χ4v) is 1.17. The van der Waals surface area contributed by atoms with Crippen LogP contribution in [0, 0.1) is 11.8 Å². The van der Waals surface area contributed by atoms with Gasteiger partial charge >= 0.3 is 12.1 Å². The lowest BCUT2D eigenvalue weighted by molar-refractivity contribution is -0.153. The molecule has 0 amide bonds. The number of halogens is 3. The van der Waals surface area contributed by atoms with E-state index in [9.17, 15) is 18.0 Å². The predicted octanol–water partition coefficient (Wildman–Crippen LogP) is 0.597. The van der Waals surface area contributed by atoms with Gasteiger partial charge in [0.25, 0.3) is 0 Å². The Balaban J connectivity index is 2.48. The zero-order valence-electron chi connectivity index (χ0n) is 6.01. The molecule has 1 saturated carbocycles. The highest BCUT2D eigenvalue weighted by Gasteiger charge is 2.58. The molecule has 3 N–H and O–H groups in total. The summed E-state index contributed by atoms with van der Waals surface area (Å²) in [5.41, 5.74) is 5.01. The molecule has 70 valence electrons. The standard InChI is InChI=1S/C6H8F3NO2/c7-6(8,9)3-1-2(3)4(10)5(11)12/h2-4H,1,10H2,(H,11,12)/t2-,3-,4+/m1/s1. The van der Waals surface area contributed by atoms with Gasteiger partial charge < -0.3 is 10.8 Å². The monoisotopic (exact) mass is 183 g/mol. The van der Waals surface area contributed by atoms with Crippen LogP contribution in [0.4, 0.5) is 13.2 Å². The van der Waals surface area contributed by atoms with Crippen LogP contribution in [-0.2, 0) is 4.79 Å². The van der Waals surface area contributed by atoms with Crippen molar-refractivity contribution in [3.63, 3.8) is 0 Å². The Bertz CT molecular complexity index is 203. The molecule has 0 bridgehead atoms. The normalized spacial score (nSPS) is 31.3. The minimum atomic E-state index is -4.29. The van der Waals surface area contributed by atoms with E-state index in [0.717, 1.165) is 0 Å². The van der Waals surface area contributed by atoms with Crippen molar-refractivity contribution in [3.8, 4) is 0 Å². The van der Waals surface area contributed by atoms with Crippen LogP contribution in [0.5, 0.6) is 0 Å². The van der Waals surface area contributed by atoms with E-state index in [-0.39, 0.29) is 6.42 Å². The minimum absolute atomic E-state index is 0.156. The van der Waals surface area contributed by atoms with Crippen molar-refractivity contribution >= 4 is 5.97 Å². The predicted molar refractivity (Wildman–Crippen MR) is 33.3 cm³/mol. The van der Waals surface area contributed by atoms with Gasteiger partial charge in [0.2, 0.25) is 0 Å². The molecule has 12 heavy (non-hydrogen) atoms. The number of hydrogen-bond donors (Lipinski definition) is 2. The first-order chi connectivity index (χ1) is 5.34. The summed E-state index contributed by atoms with van der Waals surface area (Å²) in [6, 6.07) is -1.38. The highest BCUT2D eigenvalue weighted by molar-refractivity contribution is 5.74. The van der Waals surface area contributed by atoms with Crippen molar-refractivity contribution < 1.29 is 23.1 Å². The van der Waals surface area contributed by atoms with Crippen molar-refractivity contribution in [2.45, 2.75) is 18.6 Å². The van der Waals surface area contributed by atoms with Gasteiger partial charge in [0.15, 0.2) is 0 Å². The Morgan fingerprint density at radius 1 is 1.58 bits per heavy atom. The van der Waals surface area contributed by atoms with Crippen molar-refractivity contribution in [3.05, 3.63) is 0 Å². The van der Waals surface area contributed by atoms with Gasteiger partial charge in [0.1, 0.15) is 6.04 Å². The van der Waals surface area contributed by atoms with Gasteiger partial charge in [-0.25, -0.2) is 0 Å². The molecule has 1 rings (SSSR count). The number of carbonyl (C=O) groups is 1. The number of alkyl halides is 3. The van der Waals surface area contributed by atoms with Crippen molar-refractivity contribution in [1.82, 2.24) is 0 Å². The number of hydrogen-bond acceptors (Lipinski definition) is 2. The van der Waals surface area contributed by atoms with Gasteiger partial charge in [0, 0.05) is 0 Å². The zero-order valence-corrected chi connectivity index (χ0v) is 6.01. The van der Waals surface area contributed by atoms with Gasteiger partial charge in [-0.2, -0.15) is 13.2 Å². The summed E-state index contributed by atoms with van der Waals surface area (Å²) < 4.78 is 35.6. The van der Waals surface area contributed by atoms with E-state index in [2.05, 4.69) is 0 Å². The Morgan fingerprint density at radius 2 is 2.08 bits per heavy atom. The molecule has 0 saturated heterocycles. The maximum absolute atomic E-state index is 11.9. The first-order valence-electron chi connectivity index (χ1n) is 3.39. The van der Waals surface area contributed by atoms with Gasteiger partial charge in [-0.1, -0.05) is 0 Å². The molecule has 3 atom stereocenters. The minimum Gasteiger partial charge on any atom is -0.480 e. The second-order valence-electron chi connectivity index (χ2n) is 2.91. The Morgan fingerprint density at radius 3 is 2.33 bits per heavy atom. The molecule has 0 spiro atoms. The van der Waals surface area contributed by atoms with Gasteiger partial charge in [-0.3, -0.25) is 4.79 Å². The number of aliphatic carboxylic acids is 1. The molecular formula is C6H8F3NO2. The molecule has 1 fully saturated rings. The maximum Gasteiger partial charge on any atom is 0.392 e. The third kappa shape index (κ3) is 1.69. The Hall–Kier alpha value is -0.780. The third-order valence-corrected chi connectivity index (χ3v) is 2.01. The van der Waals surface area contributed by atoms with Crippen LogP contribution < -0.4 is 5.73 Å². The first-order valence-corrected chi connectivity index (χ1v) is 3.39. The van der Waals surface area contributed by atoms with E-state index in [1.165, 1.54) is 0 Å². The number of carboxylic acids is 1. The van der Waals surface area contributed by atoms with Gasteiger partial charge in [-0.15, -0.1) is 0 Å². The van der Waals surface area contributed by atoms with Crippen LogP contribution in [0.1, 0.15) is 6.42 Å². The van der Waals surface area contributed by atoms with Crippen LogP contribution in [0.25, 0.3) is 0 Å². The second-order valence-corrected chi connectivity index (χ2v) is 2.91. The molecule has 1 aliphatic rings. The lowest BCUT2D eigenvalue weighted by Crippen LogP contribution is -2.34. The molecule has 0 radical (unpaired) electrons. The molecule has 0 heterocycles. The summed E-state index contributed by atoms with van der Waals surface area (Å²) in [5, 5.41) is 8.28. The molecule has 0 aromatic rings. The summed E-state index contributed by atoms with van der Waals surface area (Å²) in [6.07, 6.45) is -4.45. The molecule has 3 nitrogen and oxygen atoms in total. The first kappa shape index (κ1) is 9.31. The van der Waals surface area contributed by atoms with Crippen molar-refractivity contribution in [2.24, 2.45) is 17.6 Å². The molecule has 6 heteroatoms. The van der Waals surface area contributed by atoms with Gasteiger partial charge in [0.05, 0.1) is 5.92 Å². The Labute approximate surface area is 66.4 Å². The zero-order chi connectivity index (χ0) is 9.52. The molecule has 0 aliphatic heterocycles. The highest BCUT2D eigenvalue weighted by Crippen LogP contribution is 2.51. The van der Waals surface area contributed by atoms with E-state index in [1.54, 1.807) is 0 Å². The van der Waals surface area contributed by atoms with E-state index >= 15 is 0 Å². The maximum atomic E-state index is 11.9. The largest absolute Gasteiger partial charge is 0.480 e. The fourth-order valence-electron chi connectivity index (χ4n) is 1.17. The van der Waals surface area contributed by atoms with E-state index < -0.39 is 30.0 Å². The summed E-state index contributed by atoms with van der Waals surface area (Å²) in [5.74, 6) is -3.81. The SMILES string of the molecule is N[C@H](C(=O)O)[C@@H]1C[C@H]1C(F)(F)F. The fraction of sp³-hybridized carbons (Fsp3) is 0.833. The third-order valence-electron chi connectivity index (χ3n) is 2.01. The van der Waals surface area contributed by atoms with E-state index in [0.29, 0.717) is 0 Å².